The summed E-state index contributed by atoms with van der Waals surface area (Å²) in [6.45, 7) is 6.61. The van der Waals surface area contributed by atoms with E-state index in [2.05, 4.69) is 50.4 Å². The summed E-state index contributed by atoms with van der Waals surface area (Å²) in [5.41, 5.74) is 0. The Morgan fingerprint density at radius 1 is 0.493 bits per heavy atom. The van der Waals surface area contributed by atoms with Crippen LogP contribution < -0.4 is 5.32 Å². The molecule has 0 fully saturated rings. The minimum atomic E-state index is -4.48. The summed E-state index contributed by atoms with van der Waals surface area (Å²) in [5, 5.41) is 3.00. The first-order valence-corrected chi connectivity index (χ1v) is 29.5. The molecular weight excluding hydrogens is 928 g/mol. The van der Waals surface area contributed by atoms with Gasteiger partial charge in [-0.1, -0.05) is 250 Å². The van der Waals surface area contributed by atoms with Gasteiger partial charge < -0.3 is 19.4 Å². The number of carbonyl (C=O) groups is 2. The number of rotatable bonds is 47. The first-order valence-electron chi connectivity index (χ1n) is 28.0. The number of hydrogen-bond acceptors (Lipinski definition) is 6. The Bertz CT molecular complexity index is 1800. The minimum absolute atomic E-state index is 0.0129. The molecule has 3 unspecified atom stereocenters. The molecule has 0 spiro atoms. The average Bonchev–Trinajstić information content (AvgIpc) is 3.35. The second-order valence-corrected chi connectivity index (χ2v) is 20.8. The fourth-order valence-electron chi connectivity index (χ4n) is 7.00. The summed E-state index contributed by atoms with van der Waals surface area (Å²) in [6.07, 6.45) is 75.2. The third-order valence-corrected chi connectivity index (χ3v) is 12.3. The van der Waals surface area contributed by atoms with Crippen molar-refractivity contribution in [2.45, 2.75) is 187 Å². The molecule has 0 saturated heterocycles. The van der Waals surface area contributed by atoms with E-state index in [1.54, 1.807) is 0 Å². The number of quaternary nitrogens is 1. The van der Waals surface area contributed by atoms with Gasteiger partial charge in [0.05, 0.1) is 33.8 Å². The van der Waals surface area contributed by atoms with Crippen molar-refractivity contribution >= 4 is 19.7 Å². The van der Waals surface area contributed by atoms with Crippen molar-refractivity contribution in [1.82, 2.24) is 5.32 Å². The van der Waals surface area contributed by atoms with Gasteiger partial charge in [-0.3, -0.25) is 18.6 Å². The van der Waals surface area contributed by atoms with Crippen molar-refractivity contribution in [2.24, 2.45) is 0 Å². The molecule has 410 valence electrons. The van der Waals surface area contributed by atoms with E-state index in [9.17, 15) is 19.0 Å². The van der Waals surface area contributed by atoms with Gasteiger partial charge in [-0.15, -0.1) is 0 Å². The van der Waals surface area contributed by atoms with Crippen LogP contribution in [0.15, 0.2) is 158 Å². The lowest BCUT2D eigenvalue weighted by molar-refractivity contribution is -0.870. The highest BCUT2D eigenvalue weighted by Crippen LogP contribution is 2.43. The molecule has 0 aromatic heterocycles. The summed E-state index contributed by atoms with van der Waals surface area (Å²) in [5.74, 6) is -0.625. The van der Waals surface area contributed by atoms with Crippen LogP contribution in [0.4, 0.5) is 0 Å². The zero-order valence-electron chi connectivity index (χ0n) is 46.5. The van der Waals surface area contributed by atoms with E-state index in [0.29, 0.717) is 23.9 Å². The van der Waals surface area contributed by atoms with Crippen LogP contribution in [0.3, 0.4) is 0 Å². The molecule has 0 aromatic carbocycles. The molecule has 9 nitrogen and oxygen atoms in total. The molecule has 0 radical (unpaired) electrons. The molecule has 0 aliphatic heterocycles. The molecule has 0 saturated carbocycles. The summed E-state index contributed by atoms with van der Waals surface area (Å²) in [4.78, 5) is 37.6. The summed E-state index contributed by atoms with van der Waals surface area (Å²) < 4.78 is 30.5. The van der Waals surface area contributed by atoms with Crippen LogP contribution in [-0.2, 0) is 27.9 Å². The van der Waals surface area contributed by atoms with Crippen molar-refractivity contribution in [3.05, 3.63) is 158 Å². The molecule has 1 amide bonds. The number of hydrogen-bond donors (Lipinski definition) is 2. The Hall–Kier alpha value is -4.37. The van der Waals surface area contributed by atoms with Crippen molar-refractivity contribution < 1.29 is 37.3 Å². The van der Waals surface area contributed by atoms with E-state index in [-0.39, 0.29) is 37.9 Å². The smallest absolute Gasteiger partial charge is 0.456 e. The molecule has 0 aliphatic carbocycles. The molecule has 0 heterocycles. The van der Waals surface area contributed by atoms with Gasteiger partial charge in [-0.25, -0.2) is 4.57 Å². The number of ether oxygens (including phenoxy) is 1. The Morgan fingerprint density at radius 2 is 0.877 bits per heavy atom. The lowest BCUT2D eigenvalue weighted by Crippen LogP contribution is -2.47. The Labute approximate surface area is 446 Å². The fraction of sp³-hybridized carbons (Fsp3) is 0.556. The van der Waals surface area contributed by atoms with Crippen molar-refractivity contribution in [2.75, 3.05) is 40.9 Å². The number of nitrogens with one attached hydrogen (secondary N) is 1. The van der Waals surface area contributed by atoms with Gasteiger partial charge in [-0.2, -0.15) is 0 Å². The quantitative estimate of drug-likeness (QED) is 0.0156. The zero-order chi connectivity index (χ0) is 53.6. The molecule has 3 atom stereocenters. The van der Waals surface area contributed by atoms with Gasteiger partial charge >= 0.3 is 13.8 Å². The van der Waals surface area contributed by atoms with Crippen molar-refractivity contribution in [1.29, 1.82) is 0 Å². The molecular formula is C63H102N2O7P+. The Morgan fingerprint density at radius 3 is 1.32 bits per heavy atom. The van der Waals surface area contributed by atoms with Crippen molar-refractivity contribution in [3.63, 3.8) is 0 Å². The first-order chi connectivity index (χ1) is 35.4. The van der Waals surface area contributed by atoms with Gasteiger partial charge in [0.2, 0.25) is 5.91 Å². The lowest BCUT2D eigenvalue weighted by atomic mass is 10.0. The highest BCUT2D eigenvalue weighted by Gasteiger charge is 2.30. The second-order valence-electron chi connectivity index (χ2n) is 19.3. The summed E-state index contributed by atoms with van der Waals surface area (Å²) in [7, 11) is 1.40. The van der Waals surface area contributed by atoms with Crippen LogP contribution in [0.25, 0.3) is 0 Å². The van der Waals surface area contributed by atoms with Gasteiger partial charge in [-0.05, 0) is 70.3 Å². The van der Waals surface area contributed by atoms with E-state index in [1.807, 2.05) is 155 Å². The third kappa shape index (κ3) is 52.3. The van der Waals surface area contributed by atoms with Crippen LogP contribution in [0.1, 0.15) is 175 Å². The van der Waals surface area contributed by atoms with E-state index in [0.717, 1.165) is 70.6 Å². The van der Waals surface area contributed by atoms with Crippen molar-refractivity contribution in [3.8, 4) is 0 Å². The molecule has 73 heavy (non-hydrogen) atoms. The number of unbranched alkanes of at least 4 members (excludes halogenated alkanes) is 17. The molecule has 0 aliphatic rings. The number of allylic oxidation sites excluding steroid dienone is 25. The highest BCUT2D eigenvalue weighted by atomic mass is 31.2. The van der Waals surface area contributed by atoms with Crippen LogP contribution in [0.2, 0.25) is 0 Å². The number of phosphoric ester groups is 1. The number of nitrogens with zero attached hydrogens (tertiary/aromatic N) is 1. The zero-order valence-corrected chi connectivity index (χ0v) is 47.4. The highest BCUT2D eigenvalue weighted by molar-refractivity contribution is 7.47. The lowest BCUT2D eigenvalue weighted by Gasteiger charge is -2.27. The maximum Gasteiger partial charge on any atom is 0.472 e. The maximum absolute atomic E-state index is 13.5. The Balaban J connectivity index is 5.61. The van der Waals surface area contributed by atoms with E-state index < -0.39 is 20.0 Å². The van der Waals surface area contributed by atoms with E-state index in [1.165, 1.54) is 57.8 Å². The summed E-state index contributed by atoms with van der Waals surface area (Å²) >= 11 is 0. The number of amides is 1. The fourth-order valence-corrected chi connectivity index (χ4v) is 7.74. The van der Waals surface area contributed by atoms with Gasteiger partial charge in [0.25, 0.3) is 0 Å². The normalized spacial score (nSPS) is 15.0. The topological polar surface area (TPSA) is 111 Å². The predicted octanol–water partition coefficient (Wildman–Crippen LogP) is 16.9. The molecule has 0 rings (SSSR count). The van der Waals surface area contributed by atoms with E-state index in [4.69, 9.17) is 13.8 Å². The van der Waals surface area contributed by atoms with Crippen LogP contribution >= 0.6 is 7.82 Å². The number of esters is 1. The van der Waals surface area contributed by atoms with E-state index >= 15 is 0 Å². The largest absolute Gasteiger partial charge is 0.472 e. The third-order valence-electron chi connectivity index (χ3n) is 11.3. The number of phosphoric acid groups is 1. The summed E-state index contributed by atoms with van der Waals surface area (Å²) in [6, 6.07) is -0.903. The Kier molecular flexibility index (Phi) is 48.1. The minimum Gasteiger partial charge on any atom is -0.456 e. The van der Waals surface area contributed by atoms with Crippen LogP contribution in [0.5, 0.6) is 0 Å². The van der Waals surface area contributed by atoms with Gasteiger partial charge in [0.15, 0.2) is 0 Å². The number of likely N-dealkylation sites (N-methyl/N-ethyl adjacent to an activating group) is 1. The molecule has 0 aromatic rings. The molecule has 2 N–H and O–H groups in total. The number of carbonyl (C=O) groups excluding carboxylic acids is 2. The predicted molar refractivity (Wildman–Crippen MR) is 313 cm³/mol. The molecule has 10 heteroatoms. The maximum atomic E-state index is 13.5. The van der Waals surface area contributed by atoms with Crippen LogP contribution in [-0.4, -0.2) is 74.3 Å². The monoisotopic (exact) mass is 1030 g/mol. The van der Waals surface area contributed by atoms with Gasteiger partial charge in [0, 0.05) is 12.8 Å². The average molecular weight is 1030 g/mol. The van der Waals surface area contributed by atoms with Crippen LogP contribution in [0, 0.1) is 0 Å². The molecule has 0 bridgehead atoms. The standard InChI is InChI=1S/C63H101N2O7P/c1-7-10-13-16-19-22-25-28-30-32-34-37-40-43-46-49-52-55-62(66)64-60(59-71-73(68,69)70-58-57-65(4,5)6)61(54-51-48-45-42-39-36-27-24-21-18-15-12-9-3)72-63(67)56-53-50-47-44-41-38-35-33-31-29-26-23-20-17-14-11-8-2/h10-11,13-14,16-17,19-20,22-23,25-26,28-35,37-38,40-41,51,54,60-61H,7-9,12,15,18,21,24,27,36,39,42-50,52-53,55-59H2,1-6H3,(H-,64,66,68,69)/p+1/b13-10-,14-11-,19-16+,20-17+,25-22+,26-23+,30-28-,31-29-,34-32+,35-33+,40-37+,41-38+,54-51+. The van der Waals surface area contributed by atoms with Gasteiger partial charge in [0.1, 0.15) is 19.3 Å². The SMILES string of the molecule is CC\C=C/C=C/C=C/C=C\C=C\C=C\CCCCCC(=O)NC(COP(=O)(O)OCC[N+](C)(C)C)C(/C=C/CCCCCCCCCCCCC)OC(=O)CCCCC/C=C/C=C/C=C\C=C\C=C\C=C/CC. The first kappa shape index (κ1) is 68.6. The second kappa shape index (κ2) is 51.1.